The van der Waals surface area contributed by atoms with Gasteiger partial charge in [0, 0.05) is 12.6 Å². The lowest BCUT2D eigenvalue weighted by Crippen LogP contribution is -2.32. The van der Waals surface area contributed by atoms with E-state index in [0.717, 1.165) is 11.5 Å². The second-order valence-corrected chi connectivity index (χ2v) is 4.32. The Balaban J connectivity index is 0.00000162. The van der Waals surface area contributed by atoms with Gasteiger partial charge in [-0.3, -0.25) is 0 Å². The molecule has 2 N–H and O–H groups in total. The van der Waals surface area contributed by atoms with E-state index in [1.807, 2.05) is 24.3 Å². The summed E-state index contributed by atoms with van der Waals surface area (Å²) in [6.45, 7) is 0.910. The molecule has 0 heterocycles. The number of ether oxygens (including phenoxy) is 2. The van der Waals surface area contributed by atoms with Crippen LogP contribution in [-0.2, 0) is 0 Å². The first kappa shape index (κ1) is 15.1. The standard InChI is InChI=1S/C13H19NO3.ClH/c1-16-12-4-6-13(7-5-12)17-9-11(15)8-14-10-2-3-10;/h4-7,10-11,14-15H,2-3,8-9H2,1H3;1H. The molecular formula is C13H20ClNO3. The monoisotopic (exact) mass is 273 g/mol. The van der Waals surface area contributed by atoms with Crippen LogP contribution in [0, 0.1) is 0 Å². The molecule has 1 aliphatic rings. The van der Waals surface area contributed by atoms with Gasteiger partial charge in [0.1, 0.15) is 24.2 Å². The van der Waals surface area contributed by atoms with Gasteiger partial charge in [-0.2, -0.15) is 0 Å². The molecule has 2 rings (SSSR count). The van der Waals surface area contributed by atoms with Crippen molar-refractivity contribution in [3.05, 3.63) is 24.3 Å². The van der Waals surface area contributed by atoms with Crippen LogP contribution in [0.25, 0.3) is 0 Å². The zero-order valence-corrected chi connectivity index (χ0v) is 11.3. The Kier molecular flexibility index (Phi) is 6.25. The molecule has 0 radical (unpaired) electrons. The summed E-state index contributed by atoms with van der Waals surface area (Å²) in [6, 6.07) is 7.96. The molecule has 1 unspecified atom stereocenters. The molecule has 1 aromatic carbocycles. The zero-order chi connectivity index (χ0) is 12.1. The van der Waals surface area contributed by atoms with Gasteiger partial charge in [-0.1, -0.05) is 0 Å². The first-order chi connectivity index (χ1) is 8.28. The molecule has 102 valence electrons. The fourth-order valence-electron chi connectivity index (χ4n) is 1.51. The molecule has 0 amide bonds. The minimum Gasteiger partial charge on any atom is -0.497 e. The Morgan fingerprint density at radius 1 is 1.28 bits per heavy atom. The number of aliphatic hydroxyl groups excluding tert-OH is 1. The molecule has 0 aromatic heterocycles. The molecular weight excluding hydrogens is 254 g/mol. The Bertz CT molecular complexity index is 341. The third-order valence-electron chi connectivity index (χ3n) is 2.72. The summed E-state index contributed by atoms with van der Waals surface area (Å²) in [5.74, 6) is 1.55. The van der Waals surface area contributed by atoms with E-state index >= 15 is 0 Å². The molecule has 0 aliphatic heterocycles. The Labute approximate surface area is 114 Å². The van der Waals surface area contributed by atoms with E-state index in [9.17, 15) is 5.11 Å². The van der Waals surface area contributed by atoms with Crippen LogP contribution in [0.15, 0.2) is 24.3 Å². The molecule has 1 atom stereocenters. The molecule has 0 bridgehead atoms. The highest BCUT2D eigenvalue weighted by Gasteiger charge is 2.21. The van der Waals surface area contributed by atoms with Crippen LogP contribution in [0.1, 0.15) is 12.8 Å². The number of hydrogen-bond acceptors (Lipinski definition) is 4. The van der Waals surface area contributed by atoms with Crippen molar-refractivity contribution >= 4 is 12.4 Å². The average molecular weight is 274 g/mol. The van der Waals surface area contributed by atoms with E-state index in [1.165, 1.54) is 12.8 Å². The molecule has 0 saturated heterocycles. The molecule has 5 heteroatoms. The smallest absolute Gasteiger partial charge is 0.119 e. The van der Waals surface area contributed by atoms with Gasteiger partial charge in [0.15, 0.2) is 0 Å². The van der Waals surface area contributed by atoms with E-state index in [0.29, 0.717) is 19.2 Å². The van der Waals surface area contributed by atoms with E-state index in [2.05, 4.69) is 5.32 Å². The van der Waals surface area contributed by atoms with E-state index in [1.54, 1.807) is 7.11 Å². The van der Waals surface area contributed by atoms with Crippen molar-refractivity contribution in [2.75, 3.05) is 20.3 Å². The normalized spacial score (nSPS) is 15.7. The number of benzene rings is 1. The maximum atomic E-state index is 9.68. The molecule has 4 nitrogen and oxygen atoms in total. The van der Waals surface area contributed by atoms with Crippen molar-refractivity contribution < 1.29 is 14.6 Å². The lowest BCUT2D eigenvalue weighted by molar-refractivity contribution is 0.106. The highest BCUT2D eigenvalue weighted by atomic mass is 35.5. The van der Waals surface area contributed by atoms with Crippen LogP contribution in [0.4, 0.5) is 0 Å². The minimum atomic E-state index is -0.460. The molecule has 1 aliphatic carbocycles. The van der Waals surface area contributed by atoms with Gasteiger partial charge in [-0.15, -0.1) is 12.4 Å². The largest absolute Gasteiger partial charge is 0.497 e. The summed E-state index contributed by atoms with van der Waals surface area (Å²) in [6.07, 6.45) is 2.00. The fraction of sp³-hybridized carbons (Fsp3) is 0.538. The van der Waals surface area contributed by atoms with Gasteiger partial charge in [0.05, 0.1) is 7.11 Å². The van der Waals surface area contributed by atoms with E-state index < -0.39 is 6.10 Å². The lowest BCUT2D eigenvalue weighted by Gasteiger charge is -2.13. The maximum absolute atomic E-state index is 9.68. The van der Waals surface area contributed by atoms with Crippen LogP contribution < -0.4 is 14.8 Å². The Morgan fingerprint density at radius 3 is 2.44 bits per heavy atom. The van der Waals surface area contributed by atoms with Crippen LogP contribution in [0.3, 0.4) is 0 Å². The van der Waals surface area contributed by atoms with Crippen molar-refractivity contribution in [1.29, 1.82) is 0 Å². The number of hydrogen-bond donors (Lipinski definition) is 2. The fourth-order valence-corrected chi connectivity index (χ4v) is 1.51. The van der Waals surface area contributed by atoms with Crippen molar-refractivity contribution in [2.24, 2.45) is 0 Å². The van der Waals surface area contributed by atoms with Crippen LogP contribution in [0.2, 0.25) is 0 Å². The third kappa shape index (κ3) is 5.12. The first-order valence-corrected chi connectivity index (χ1v) is 5.96. The van der Waals surface area contributed by atoms with Crippen molar-refractivity contribution in [3.8, 4) is 11.5 Å². The number of methoxy groups -OCH3 is 1. The summed E-state index contributed by atoms with van der Waals surface area (Å²) in [5, 5.41) is 12.9. The molecule has 1 saturated carbocycles. The topological polar surface area (TPSA) is 50.7 Å². The summed E-state index contributed by atoms with van der Waals surface area (Å²) in [7, 11) is 1.63. The SMILES string of the molecule is COc1ccc(OCC(O)CNC2CC2)cc1.Cl. The summed E-state index contributed by atoms with van der Waals surface area (Å²) in [4.78, 5) is 0. The first-order valence-electron chi connectivity index (χ1n) is 5.96. The minimum absolute atomic E-state index is 0. The average Bonchev–Trinajstić information content (AvgIpc) is 3.18. The van der Waals surface area contributed by atoms with Gasteiger partial charge in [0.25, 0.3) is 0 Å². The number of nitrogens with one attached hydrogen (secondary N) is 1. The highest BCUT2D eigenvalue weighted by Crippen LogP contribution is 2.19. The second kappa shape index (κ2) is 7.46. The molecule has 1 aromatic rings. The number of rotatable bonds is 7. The Hall–Kier alpha value is -0.970. The second-order valence-electron chi connectivity index (χ2n) is 4.32. The van der Waals surface area contributed by atoms with Gasteiger partial charge in [0.2, 0.25) is 0 Å². The highest BCUT2D eigenvalue weighted by molar-refractivity contribution is 5.85. The number of aliphatic hydroxyl groups is 1. The van der Waals surface area contributed by atoms with Crippen LogP contribution in [-0.4, -0.2) is 37.5 Å². The van der Waals surface area contributed by atoms with Gasteiger partial charge >= 0.3 is 0 Å². The zero-order valence-electron chi connectivity index (χ0n) is 10.5. The van der Waals surface area contributed by atoms with Gasteiger partial charge in [-0.25, -0.2) is 0 Å². The van der Waals surface area contributed by atoms with Crippen LogP contribution >= 0.6 is 12.4 Å². The van der Waals surface area contributed by atoms with Crippen molar-refractivity contribution in [2.45, 2.75) is 25.0 Å². The van der Waals surface area contributed by atoms with E-state index in [-0.39, 0.29) is 12.4 Å². The van der Waals surface area contributed by atoms with E-state index in [4.69, 9.17) is 9.47 Å². The Morgan fingerprint density at radius 2 is 1.89 bits per heavy atom. The van der Waals surface area contributed by atoms with Crippen molar-refractivity contribution in [1.82, 2.24) is 5.32 Å². The van der Waals surface area contributed by atoms with Crippen molar-refractivity contribution in [3.63, 3.8) is 0 Å². The quantitative estimate of drug-likeness (QED) is 0.793. The molecule has 18 heavy (non-hydrogen) atoms. The summed E-state index contributed by atoms with van der Waals surface area (Å²) in [5.41, 5.74) is 0. The van der Waals surface area contributed by atoms with Gasteiger partial charge in [-0.05, 0) is 37.1 Å². The predicted octanol–water partition coefficient (Wildman–Crippen LogP) is 1.61. The summed E-state index contributed by atoms with van der Waals surface area (Å²) < 4.78 is 10.5. The predicted molar refractivity (Wildman–Crippen MR) is 72.8 cm³/mol. The maximum Gasteiger partial charge on any atom is 0.119 e. The van der Waals surface area contributed by atoms with Crippen LogP contribution in [0.5, 0.6) is 11.5 Å². The lowest BCUT2D eigenvalue weighted by atomic mass is 10.3. The molecule has 0 spiro atoms. The number of halogens is 1. The molecule has 1 fully saturated rings. The third-order valence-corrected chi connectivity index (χ3v) is 2.72. The summed E-state index contributed by atoms with van der Waals surface area (Å²) >= 11 is 0. The van der Waals surface area contributed by atoms with Gasteiger partial charge < -0.3 is 19.9 Å².